The first-order valence-corrected chi connectivity index (χ1v) is 8.49. The van der Waals surface area contributed by atoms with Crippen LogP contribution >= 0.6 is 0 Å². The van der Waals surface area contributed by atoms with Crippen molar-refractivity contribution in [3.05, 3.63) is 18.5 Å². The summed E-state index contributed by atoms with van der Waals surface area (Å²) in [5.41, 5.74) is -0.517. The summed E-state index contributed by atoms with van der Waals surface area (Å²) in [4.78, 5) is 15.5. The van der Waals surface area contributed by atoms with Gasteiger partial charge in [-0.2, -0.15) is 5.10 Å². The number of rotatable bonds is 4. The highest BCUT2D eigenvalue weighted by molar-refractivity contribution is 5.84. The van der Waals surface area contributed by atoms with Crippen LogP contribution in [0.25, 0.3) is 0 Å². The Kier molecular flexibility index (Phi) is 4.78. The molecule has 0 spiro atoms. The van der Waals surface area contributed by atoms with Crippen molar-refractivity contribution < 1.29 is 4.79 Å². The SMILES string of the molecule is CCN1CCC(NC(=O)C2(n3cccn3)CCNCC2)CC1. The van der Waals surface area contributed by atoms with Gasteiger partial charge in [-0.3, -0.25) is 9.48 Å². The number of hydrogen-bond donors (Lipinski definition) is 2. The molecule has 2 saturated heterocycles. The van der Waals surface area contributed by atoms with Gasteiger partial charge in [0.2, 0.25) is 5.91 Å². The summed E-state index contributed by atoms with van der Waals surface area (Å²) in [5, 5.41) is 11.0. The number of carbonyl (C=O) groups excluding carboxylic acids is 1. The minimum absolute atomic E-state index is 0.146. The molecule has 6 heteroatoms. The Morgan fingerprint density at radius 2 is 2.09 bits per heavy atom. The van der Waals surface area contributed by atoms with Crippen LogP contribution in [0.5, 0.6) is 0 Å². The molecule has 2 N–H and O–H groups in total. The lowest BCUT2D eigenvalue weighted by atomic mass is 9.86. The summed E-state index contributed by atoms with van der Waals surface area (Å²) in [7, 11) is 0. The molecule has 0 atom stereocenters. The lowest BCUT2D eigenvalue weighted by Gasteiger charge is -2.39. The molecule has 3 rings (SSSR count). The van der Waals surface area contributed by atoms with E-state index >= 15 is 0 Å². The van der Waals surface area contributed by atoms with Crippen LogP contribution in [0, 0.1) is 0 Å². The third-order valence-corrected chi connectivity index (χ3v) is 5.17. The summed E-state index contributed by atoms with van der Waals surface area (Å²) < 4.78 is 1.87. The van der Waals surface area contributed by atoms with Crippen LogP contribution in [-0.2, 0) is 10.3 Å². The number of nitrogens with zero attached hydrogens (tertiary/aromatic N) is 3. The molecule has 0 unspecified atom stereocenters. The van der Waals surface area contributed by atoms with E-state index < -0.39 is 5.54 Å². The Morgan fingerprint density at radius 1 is 1.36 bits per heavy atom. The third kappa shape index (κ3) is 3.03. The molecule has 22 heavy (non-hydrogen) atoms. The summed E-state index contributed by atoms with van der Waals surface area (Å²) in [6.07, 6.45) is 7.38. The molecule has 6 nitrogen and oxygen atoms in total. The molecule has 0 aliphatic carbocycles. The highest BCUT2D eigenvalue weighted by atomic mass is 16.2. The largest absolute Gasteiger partial charge is 0.351 e. The molecule has 3 heterocycles. The zero-order chi connectivity index (χ0) is 15.4. The zero-order valence-electron chi connectivity index (χ0n) is 13.4. The Bertz CT molecular complexity index is 473. The van der Waals surface area contributed by atoms with Gasteiger partial charge in [-0.1, -0.05) is 6.92 Å². The maximum Gasteiger partial charge on any atom is 0.248 e. The molecule has 0 radical (unpaired) electrons. The number of hydrogen-bond acceptors (Lipinski definition) is 4. The summed E-state index contributed by atoms with van der Waals surface area (Å²) in [6, 6.07) is 2.20. The number of likely N-dealkylation sites (tertiary alicyclic amines) is 1. The van der Waals surface area contributed by atoms with E-state index in [9.17, 15) is 4.79 Å². The highest BCUT2D eigenvalue weighted by Crippen LogP contribution is 2.27. The Morgan fingerprint density at radius 3 is 2.68 bits per heavy atom. The molecule has 2 fully saturated rings. The molecule has 1 amide bonds. The Hall–Kier alpha value is -1.40. The predicted molar refractivity (Wildman–Crippen MR) is 85.6 cm³/mol. The number of piperidine rings is 2. The van der Waals surface area contributed by atoms with Crippen molar-refractivity contribution >= 4 is 5.91 Å². The highest BCUT2D eigenvalue weighted by Gasteiger charge is 2.42. The van der Waals surface area contributed by atoms with E-state index in [1.807, 2.05) is 16.9 Å². The summed E-state index contributed by atoms with van der Waals surface area (Å²) in [6.45, 7) is 7.18. The second-order valence-corrected chi connectivity index (χ2v) is 6.41. The monoisotopic (exact) mass is 305 g/mol. The van der Waals surface area contributed by atoms with Crippen LogP contribution in [0.1, 0.15) is 32.6 Å². The van der Waals surface area contributed by atoms with E-state index in [1.54, 1.807) is 6.20 Å². The van der Waals surface area contributed by atoms with Crippen LogP contribution in [0.15, 0.2) is 18.5 Å². The van der Waals surface area contributed by atoms with Gasteiger partial charge in [0.25, 0.3) is 0 Å². The molecule has 0 aromatic carbocycles. The lowest BCUT2D eigenvalue weighted by molar-refractivity contribution is -0.133. The number of aromatic nitrogens is 2. The van der Waals surface area contributed by atoms with Crippen LogP contribution in [0.4, 0.5) is 0 Å². The minimum atomic E-state index is -0.517. The molecule has 1 aromatic heterocycles. The zero-order valence-corrected chi connectivity index (χ0v) is 13.4. The van der Waals surface area contributed by atoms with Crippen LogP contribution in [0.3, 0.4) is 0 Å². The molecule has 122 valence electrons. The molecule has 2 aliphatic rings. The minimum Gasteiger partial charge on any atom is -0.351 e. The van der Waals surface area contributed by atoms with E-state index in [0.29, 0.717) is 6.04 Å². The number of carbonyl (C=O) groups is 1. The van der Waals surface area contributed by atoms with Crippen molar-refractivity contribution in [1.82, 2.24) is 25.3 Å². The quantitative estimate of drug-likeness (QED) is 0.853. The molecule has 2 aliphatic heterocycles. The van der Waals surface area contributed by atoms with Gasteiger partial charge in [0.15, 0.2) is 0 Å². The smallest absolute Gasteiger partial charge is 0.248 e. The average molecular weight is 305 g/mol. The molecule has 0 bridgehead atoms. The fraction of sp³-hybridized carbons (Fsp3) is 0.750. The van der Waals surface area contributed by atoms with Gasteiger partial charge in [-0.25, -0.2) is 0 Å². The van der Waals surface area contributed by atoms with Gasteiger partial charge in [0.05, 0.1) is 0 Å². The van der Waals surface area contributed by atoms with Crippen molar-refractivity contribution in [1.29, 1.82) is 0 Å². The number of nitrogens with one attached hydrogen (secondary N) is 2. The van der Waals surface area contributed by atoms with Crippen LogP contribution in [0.2, 0.25) is 0 Å². The average Bonchev–Trinajstić information content (AvgIpc) is 3.11. The van der Waals surface area contributed by atoms with Crippen molar-refractivity contribution in [2.75, 3.05) is 32.7 Å². The van der Waals surface area contributed by atoms with E-state index in [-0.39, 0.29) is 5.91 Å². The lowest BCUT2D eigenvalue weighted by Crippen LogP contribution is -2.57. The predicted octanol–water partition coefficient (Wildman–Crippen LogP) is 0.562. The molecule has 1 aromatic rings. The second kappa shape index (κ2) is 6.79. The maximum atomic E-state index is 13.0. The van der Waals surface area contributed by atoms with E-state index in [4.69, 9.17) is 0 Å². The van der Waals surface area contributed by atoms with Gasteiger partial charge in [0.1, 0.15) is 5.54 Å². The van der Waals surface area contributed by atoms with Gasteiger partial charge in [0, 0.05) is 31.5 Å². The van der Waals surface area contributed by atoms with Gasteiger partial charge >= 0.3 is 0 Å². The van der Waals surface area contributed by atoms with E-state index in [0.717, 1.165) is 58.4 Å². The first-order chi connectivity index (χ1) is 10.7. The summed E-state index contributed by atoms with van der Waals surface area (Å²) >= 11 is 0. The van der Waals surface area contributed by atoms with Crippen molar-refractivity contribution in [2.45, 2.75) is 44.2 Å². The van der Waals surface area contributed by atoms with Gasteiger partial charge in [-0.05, 0) is 51.4 Å². The van der Waals surface area contributed by atoms with Crippen molar-refractivity contribution in [3.63, 3.8) is 0 Å². The van der Waals surface area contributed by atoms with E-state index in [2.05, 4.69) is 27.6 Å². The van der Waals surface area contributed by atoms with Crippen molar-refractivity contribution in [2.24, 2.45) is 0 Å². The van der Waals surface area contributed by atoms with Gasteiger partial charge in [-0.15, -0.1) is 0 Å². The molecule has 0 saturated carbocycles. The topological polar surface area (TPSA) is 62.2 Å². The first kappa shape index (κ1) is 15.5. The fourth-order valence-electron chi connectivity index (χ4n) is 3.64. The molecular weight excluding hydrogens is 278 g/mol. The maximum absolute atomic E-state index is 13.0. The fourth-order valence-corrected chi connectivity index (χ4v) is 3.64. The van der Waals surface area contributed by atoms with Crippen molar-refractivity contribution in [3.8, 4) is 0 Å². The Balaban J connectivity index is 1.68. The number of amides is 1. The molecular formula is C16H27N5O. The van der Waals surface area contributed by atoms with Crippen LogP contribution < -0.4 is 10.6 Å². The summed E-state index contributed by atoms with van der Waals surface area (Å²) in [5.74, 6) is 0.146. The second-order valence-electron chi connectivity index (χ2n) is 6.41. The first-order valence-electron chi connectivity index (χ1n) is 8.49. The Labute approximate surface area is 132 Å². The van der Waals surface area contributed by atoms with E-state index in [1.165, 1.54) is 0 Å². The van der Waals surface area contributed by atoms with Crippen LogP contribution in [-0.4, -0.2) is 59.4 Å². The standard InChI is InChI=1S/C16H27N5O/c1-2-20-12-4-14(5-13-20)19-15(22)16(6-9-17-10-7-16)21-11-3-8-18-21/h3,8,11,14,17H,2,4-7,9-10,12-13H2,1H3,(H,19,22). The third-order valence-electron chi connectivity index (χ3n) is 5.17. The normalized spacial score (nSPS) is 23.3. The van der Waals surface area contributed by atoms with Gasteiger partial charge < -0.3 is 15.5 Å².